The Balaban J connectivity index is 1.51. The van der Waals surface area contributed by atoms with Gasteiger partial charge in [0.05, 0.1) is 0 Å². The molecule has 0 radical (unpaired) electrons. The number of para-hydroxylation sites is 2. The van der Waals surface area contributed by atoms with Gasteiger partial charge in [-0.2, -0.15) is 0 Å². The lowest BCUT2D eigenvalue weighted by Crippen LogP contribution is -2.37. The van der Waals surface area contributed by atoms with E-state index in [0.717, 1.165) is 34.5 Å². The highest BCUT2D eigenvalue weighted by atomic mass is 16.5. The van der Waals surface area contributed by atoms with Crippen LogP contribution < -0.4 is 15.0 Å². The van der Waals surface area contributed by atoms with Gasteiger partial charge in [0.2, 0.25) is 0 Å². The molecule has 1 unspecified atom stereocenters. The van der Waals surface area contributed by atoms with E-state index in [9.17, 15) is 4.79 Å². The molecule has 5 nitrogen and oxygen atoms in total. The predicted molar refractivity (Wildman–Crippen MR) is 118 cm³/mol. The van der Waals surface area contributed by atoms with Crippen LogP contribution in [0.1, 0.15) is 31.7 Å². The number of nitrogens with one attached hydrogen (secondary N) is 1. The van der Waals surface area contributed by atoms with Crippen LogP contribution in [0.4, 0.5) is 11.5 Å². The normalized spacial score (nSPS) is 16.6. The van der Waals surface area contributed by atoms with E-state index in [1.165, 1.54) is 19.3 Å². The lowest BCUT2D eigenvalue weighted by molar-refractivity contribution is -0.118. The first-order valence-electron chi connectivity index (χ1n) is 10.3. The van der Waals surface area contributed by atoms with Crippen LogP contribution in [0.3, 0.4) is 0 Å². The Morgan fingerprint density at radius 2 is 2.00 bits per heavy atom. The van der Waals surface area contributed by atoms with E-state index in [4.69, 9.17) is 9.72 Å². The summed E-state index contributed by atoms with van der Waals surface area (Å²) in [4.78, 5) is 19.6. The zero-order chi connectivity index (χ0) is 20.2. The first kappa shape index (κ1) is 19.2. The number of ether oxygens (including phenoxy) is 1. The SMILES string of the molecule is Cc1ccccc1NC(=O)COc1cccc2ccc(N3CCCCC3C)nc12. The highest BCUT2D eigenvalue weighted by Crippen LogP contribution is 2.29. The lowest BCUT2D eigenvalue weighted by atomic mass is 10.0. The van der Waals surface area contributed by atoms with E-state index < -0.39 is 0 Å². The van der Waals surface area contributed by atoms with Gasteiger partial charge in [-0.05, 0) is 62.9 Å². The number of pyridine rings is 1. The summed E-state index contributed by atoms with van der Waals surface area (Å²) in [6.45, 7) is 5.19. The number of amides is 1. The van der Waals surface area contributed by atoms with Gasteiger partial charge < -0.3 is 15.0 Å². The van der Waals surface area contributed by atoms with E-state index in [2.05, 4.69) is 29.3 Å². The second-order valence-corrected chi connectivity index (χ2v) is 7.69. The number of aromatic nitrogens is 1. The molecule has 5 heteroatoms. The Labute approximate surface area is 171 Å². The summed E-state index contributed by atoms with van der Waals surface area (Å²) in [5.41, 5.74) is 2.62. The third kappa shape index (κ3) is 4.34. The minimum Gasteiger partial charge on any atom is -0.481 e. The number of fused-ring (bicyclic) bond motifs is 1. The van der Waals surface area contributed by atoms with Crippen molar-refractivity contribution in [3.8, 4) is 5.75 Å². The van der Waals surface area contributed by atoms with Gasteiger partial charge in [-0.25, -0.2) is 4.98 Å². The van der Waals surface area contributed by atoms with Crippen LogP contribution in [-0.4, -0.2) is 30.1 Å². The van der Waals surface area contributed by atoms with Crippen LogP contribution in [0, 0.1) is 6.92 Å². The van der Waals surface area contributed by atoms with Crippen molar-refractivity contribution >= 4 is 28.3 Å². The fourth-order valence-electron chi connectivity index (χ4n) is 3.87. The fraction of sp³-hybridized carbons (Fsp3) is 0.333. The topological polar surface area (TPSA) is 54.5 Å². The number of aryl methyl sites for hydroxylation is 1. The molecule has 0 bridgehead atoms. The Morgan fingerprint density at radius 3 is 2.83 bits per heavy atom. The smallest absolute Gasteiger partial charge is 0.262 e. The Kier molecular flexibility index (Phi) is 5.65. The molecule has 1 saturated heterocycles. The average molecular weight is 389 g/mol. The first-order valence-corrected chi connectivity index (χ1v) is 10.3. The predicted octanol–water partition coefficient (Wildman–Crippen LogP) is 4.94. The van der Waals surface area contributed by atoms with Crippen molar-refractivity contribution in [1.82, 2.24) is 4.98 Å². The Bertz CT molecular complexity index is 1020. The summed E-state index contributed by atoms with van der Waals surface area (Å²) < 4.78 is 5.87. The van der Waals surface area contributed by atoms with Gasteiger partial charge in [0, 0.05) is 23.7 Å². The van der Waals surface area contributed by atoms with Gasteiger partial charge >= 0.3 is 0 Å². The molecule has 0 spiro atoms. The number of nitrogens with zero attached hydrogens (tertiary/aromatic N) is 2. The second kappa shape index (κ2) is 8.52. The van der Waals surface area contributed by atoms with Gasteiger partial charge in [-0.3, -0.25) is 4.79 Å². The van der Waals surface area contributed by atoms with Crippen molar-refractivity contribution < 1.29 is 9.53 Å². The molecule has 1 aromatic heterocycles. The molecule has 1 fully saturated rings. The number of piperidine rings is 1. The standard InChI is InChI=1S/C24H27N3O2/c1-17-8-3-4-11-20(17)25-23(28)16-29-21-12-7-10-19-13-14-22(26-24(19)21)27-15-6-5-9-18(27)2/h3-4,7-8,10-14,18H,5-6,9,15-16H2,1-2H3,(H,25,28). The monoisotopic (exact) mass is 389 g/mol. The number of hydrogen-bond donors (Lipinski definition) is 1. The number of carbonyl (C=O) groups is 1. The highest BCUT2D eigenvalue weighted by molar-refractivity contribution is 5.93. The third-order valence-electron chi connectivity index (χ3n) is 5.54. The van der Waals surface area contributed by atoms with Crippen molar-refractivity contribution in [3.05, 3.63) is 60.2 Å². The van der Waals surface area contributed by atoms with Crippen molar-refractivity contribution in [2.75, 3.05) is 23.4 Å². The molecule has 1 aliphatic rings. The van der Waals surface area contributed by atoms with Crippen LogP contribution in [-0.2, 0) is 4.79 Å². The molecular weight excluding hydrogens is 362 g/mol. The fourth-order valence-corrected chi connectivity index (χ4v) is 3.87. The van der Waals surface area contributed by atoms with Gasteiger partial charge in [0.1, 0.15) is 17.1 Å². The number of rotatable bonds is 5. The molecule has 2 aromatic carbocycles. The third-order valence-corrected chi connectivity index (χ3v) is 5.54. The van der Waals surface area contributed by atoms with E-state index in [1.807, 2.05) is 49.4 Å². The van der Waals surface area contributed by atoms with Gasteiger partial charge in [0.25, 0.3) is 5.91 Å². The molecule has 4 rings (SSSR count). The summed E-state index contributed by atoms with van der Waals surface area (Å²) in [7, 11) is 0. The molecule has 0 saturated carbocycles. The van der Waals surface area contributed by atoms with Gasteiger partial charge in [0.15, 0.2) is 6.61 Å². The maximum absolute atomic E-state index is 12.4. The second-order valence-electron chi connectivity index (χ2n) is 7.69. The molecule has 1 amide bonds. The maximum atomic E-state index is 12.4. The maximum Gasteiger partial charge on any atom is 0.262 e. The van der Waals surface area contributed by atoms with Crippen molar-refractivity contribution in [1.29, 1.82) is 0 Å². The van der Waals surface area contributed by atoms with Crippen LogP contribution in [0.25, 0.3) is 10.9 Å². The summed E-state index contributed by atoms with van der Waals surface area (Å²) in [6, 6.07) is 18.2. The van der Waals surface area contributed by atoms with E-state index in [1.54, 1.807) is 0 Å². The Hall–Kier alpha value is -3.08. The number of benzene rings is 2. The number of anilines is 2. The minimum atomic E-state index is -0.183. The average Bonchev–Trinajstić information content (AvgIpc) is 2.74. The molecule has 3 aromatic rings. The Morgan fingerprint density at radius 1 is 1.14 bits per heavy atom. The minimum absolute atomic E-state index is 0.0561. The van der Waals surface area contributed by atoms with Gasteiger partial charge in [-0.1, -0.05) is 30.3 Å². The van der Waals surface area contributed by atoms with Crippen molar-refractivity contribution in [2.24, 2.45) is 0 Å². The quantitative estimate of drug-likeness (QED) is 0.672. The van der Waals surface area contributed by atoms with Crippen molar-refractivity contribution in [2.45, 2.75) is 39.2 Å². The molecule has 2 heterocycles. The molecular formula is C24H27N3O2. The molecule has 1 atom stereocenters. The molecule has 150 valence electrons. The summed E-state index contributed by atoms with van der Waals surface area (Å²) in [5.74, 6) is 1.43. The zero-order valence-electron chi connectivity index (χ0n) is 17.0. The molecule has 1 aliphatic heterocycles. The molecule has 29 heavy (non-hydrogen) atoms. The number of hydrogen-bond acceptors (Lipinski definition) is 4. The molecule has 0 aliphatic carbocycles. The van der Waals surface area contributed by atoms with Crippen LogP contribution in [0.2, 0.25) is 0 Å². The largest absolute Gasteiger partial charge is 0.481 e. The number of carbonyl (C=O) groups excluding carboxylic acids is 1. The lowest BCUT2D eigenvalue weighted by Gasteiger charge is -2.34. The first-order chi connectivity index (χ1) is 14.1. The van der Waals surface area contributed by atoms with E-state index in [0.29, 0.717) is 11.8 Å². The van der Waals surface area contributed by atoms with E-state index >= 15 is 0 Å². The summed E-state index contributed by atoms with van der Waals surface area (Å²) >= 11 is 0. The molecule has 1 N–H and O–H groups in total. The summed E-state index contributed by atoms with van der Waals surface area (Å²) in [5, 5.41) is 3.91. The van der Waals surface area contributed by atoms with Gasteiger partial charge in [-0.15, -0.1) is 0 Å². The summed E-state index contributed by atoms with van der Waals surface area (Å²) in [6.07, 6.45) is 3.66. The zero-order valence-corrected chi connectivity index (χ0v) is 17.0. The highest BCUT2D eigenvalue weighted by Gasteiger charge is 2.20. The van der Waals surface area contributed by atoms with Crippen LogP contribution in [0.5, 0.6) is 5.75 Å². The van der Waals surface area contributed by atoms with Crippen LogP contribution >= 0.6 is 0 Å². The van der Waals surface area contributed by atoms with Crippen LogP contribution in [0.15, 0.2) is 54.6 Å². The van der Waals surface area contributed by atoms with Crippen molar-refractivity contribution in [3.63, 3.8) is 0 Å². The van der Waals surface area contributed by atoms with E-state index in [-0.39, 0.29) is 12.5 Å².